The molecule has 0 aromatic heterocycles. The van der Waals surface area contributed by atoms with Gasteiger partial charge in [0.1, 0.15) is 6.10 Å². The smallest absolute Gasteiger partial charge is 0.334 e. The predicted molar refractivity (Wildman–Crippen MR) is 61.8 cm³/mol. The zero-order valence-electron chi connectivity index (χ0n) is 9.90. The van der Waals surface area contributed by atoms with E-state index >= 15 is 0 Å². The number of aliphatic hydroxyl groups is 3. The van der Waals surface area contributed by atoms with E-state index in [2.05, 4.69) is 4.99 Å². The highest BCUT2D eigenvalue weighted by Gasteiger charge is 2.57. The first-order chi connectivity index (χ1) is 8.21. The van der Waals surface area contributed by atoms with Crippen LogP contribution < -0.4 is 0 Å². The fourth-order valence-electron chi connectivity index (χ4n) is 2.08. The molecule has 0 aromatic rings. The summed E-state index contributed by atoms with van der Waals surface area (Å²) in [6, 6.07) is 0. The lowest BCUT2D eigenvalue weighted by molar-refractivity contribution is -0.178. The fraction of sp³-hybridized carbons (Fsp3) is 0.455. The van der Waals surface area contributed by atoms with Gasteiger partial charge in [0.2, 0.25) is 0 Å². The van der Waals surface area contributed by atoms with Crippen LogP contribution >= 0.6 is 0 Å². The molecule has 0 radical (unpaired) electrons. The number of carboxylic acids is 1. The van der Waals surface area contributed by atoms with Gasteiger partial charge in [-0.15, -0.1) is 0 Å². The largest absolute Gasteiger partial charge is 0.504 e. The highest BCUT2D eigenvalue weighted by Crippen LogP contribution is 2.36. The Morgan fingerprint density at radius 1 is 1.50 bits per heavy atom. The van der Waals surface area contributed by atoms with Crippen LogP contribution in [0.1, 0.15) is 13.8 Å². The summed E-state index contributed by atoms with van der Waals surface area (Å²) in [6.07, 6.45) is 2.54. The average molecular weight is 254 g/mol. The second kappa shape index (κ2) is 3.56. The van der Waals surface area contributed by atoms with Crippen LogP contribution in [0.5, 0.6) is 0 Å². The lowest BCUT2D eigenvalue weighted by Crippen LogP contribution is -2.68. The molecule has 98 valence electrons. The quantitative estimate of drug-likeness (QED) is 0.505. The van der Waals surface area contributed by atoms with Gasteiger partial charge in [-0.1, -0.05) is 0 Å². The summed E-state index contributed by atoms with van der Waals surface area (Å²) in [5.74, 6) is -1.74. The number of carbonyl (C=O) groups is 1. The summed E-state index contributed by atoms with van der Waals surface area (Å²) in [6.45, 7) is 2.45. The van der Waals surface area contributed by atoms with Gasteiger partial charge >= 0.3 is 5.97 Å². The number of aliphatic carboxylic acids is 1. The predicted octanol–water partition coefficient (Wildman–Crippen LogP) is -0.418. The van der Waals surface area contributed by atoms with E-state index in [-0.39, 0.29) is 11.6 Å². The maximum atomic E-state index is 11.2. The van der Waals surface area contributed by atoms with Crippen molar-refractivity contribution in [2.45, 2.75) is 31.2 Å². The van der Waals surface area contributed by atoms with Crippen molar-refractivity contribution in [1.29, 1.82) is 0 Å². The molecule has 2 rings (SSSR count). The van der Waals surface area contributed by atoms with Crippen LogP contribution in [-0.4, -0.2) is 54.5 Å². The zero-order chi connectivity index (χ0) is 13.7. The first-order valence-corrected chi connectivity index (χ1v) is 5.32. The third-order valence-corrected chi connectivity index (χ3v) is 3.26. The van der Waals surface area contributed by atoms with E-state index in [4.69, 9.17) is 5.11 Å². The van der Waals surface area contributed by atoms with Gasteiger partial charge in [-0.3, -0.25) is 4.90 Å². The number of nitrogens with zero attached hydrogens (tertiary/aromatic N) is 2. The van der Waals surface area contributed by atoms with Crippen molar-refractivity contribution in [3.63, 3.8) is 0 Å². The maximum Gasteiger partial charge on any atom is 0.334 e. The minimum Gasteiger partial charge on any atom is -0.504 e. The summed E-state index contributed by atoms with van der Waals surface area (Å²) in [5, 5.41) is 39.2. The third kappa shape index (κ3) is 1.44. The van der Waals surface area contributed by atoms with Crippen LogP contribution in [0.2, 0.25) is 0 Å². The molecule has 0 amide bonds. The Morgan fingerprint density at radius 3 is 2.67 bits per heavy atom. The number of hydrogen-bond acceptors (Lipinski definition) is 6. The van der Waals surface area contributed by atoms with E-state index in [1.165, 1.54) is 32.2 Å². The van der Waals surface area contributed by atoms with E-state index in [1.807, 2.05) is 0 Å². The van der Waals surface area contributed by atoms with Gasteiger partial charge in [0.15, 0.2) is 22.9 Å². The molecule has 3 unspecified atom stereocenters. The molecule has 0 saturated carbocycles. The lowest BCUT2D eigenvalue weighted by atomic mass is 9.85. The Hall–Kier alpha value is -1.86. The number of carboxylic acid groups (broad SMARTS) is 1. The molecule has 2 aliphatic heterocycles. The SMILES string of the molecule is CC1(C(=O)O)N=C2C(O)=CC=CN2C(C)(O)C1O. The number of hydrogen-bond donors (Lipinski definition) is 4. The summed E-state index contributed by atoms with van der Waals surface area (Å²) in [7, 11) is 0. The van der Waals surface area contributed by atoms with Crippen LogP contribution in [-0.2, 0) is 4.79 Å². The highest BCUT2D eigenvalue weighted by molar-refractivity contribution is 6.01. The molecule has 3 atom stereocenters. The van der Waals surface area contributed by atoms with Crippen LogP contribution in [0.15, 0.2) is 29.1 Å². The zero-order valence-corrected chi connectivity index (χ0v) is 9.90. The van der Waals surface area contributed by atoms with Crippen molar-refractivity contribution in [3.8, 4) is 0 Å². The van der Waals surface area contributed by atoms with Crippen molar-refractivity contribution in [2.75, 3.05) is 0 Å². The first-order valence-electron chi connectivity index (χ1n) is 5.32. The molecule has 0 aromatic carbocycles. The summed E-state index contributed by atoms with van der Waals surface area (Å²) in [4.78, 5) is 16.2. The van der Waals surface area contributed by atoms with Gasteiger partial charge in [0, 0.05) is 6.20 Å². The van der Waals surface area contributed by atoms with Crippen LogP contribution in [0.3, 0.4) is 0 Å². The van der Waals surface area contributed by atoms with Crippen molar-refractivity contribution >= 4 is 11.8 Å². The molecule has 18 heavy (non-hydrogen) atoms. The lowest BCUT2D eigenvalue weighted by Gasteiger charge is -2.48. The third-order valence-electron chi connectivity index (χ3n) is 3.26. The molecule has 4 N–H and O–H groups in total. The topological polar surface area (TPSA) is 114 Å². The summed E-state index contributed by atoms with van der Waals surface area (Å²) < 4.78 is 0. The molecule has 0 bridgehead atoms. The van der Waals surface area contributed by atoms with Crippen LogP contribution in [0.25, 0.3) is 0 Å². The van der Waals surface area contributed by atoms with Crippen molar-refractivity contribution < 1.29 is 25.2 Å². The van der Waals surface area contributed by atoms with E-state index in [0.29, 0.717) is 0 Å². The minimum absolute atomic E-state index is 0.0855. The summed E-state index contributed by atoms with van der Waals surface area (Å²) >= 11 is 0. The molecule has 2 heterocycles. The Bertz CT molecular complexity index is 494. The first kappa shape index (κ1) is 12.6. The van der Waals surface area contributed by atoms with Gasteiger partial charge in [0.25, 0.3) is 0 Å². The maximum absolute atomic E-state index is 11.2. The molecule has 7 heteroatoms. The number of rotatable bonds is 1. The molecule has 7 nitrogen and oxygen atoms in total. The van der Waals surface area contributed by atoms with Crippen molar-refractivity contribution in [3.05, 3.63) is 24.1 Å². The Kier molecular flexibility index (Phi) is 2.49. The van der Waals surface area contributed by atoms with Crippen molar-refractivity contribution in [1.82, 2.24) is 4.90 Å². The monoisotopic (exact) mass is 254 g/mol. The van der Waals surface area contributed by atoms with Gasteiger partial charge in [-0.25, -0.2) is 9.79 Å². The Balaban J connectivity index is 2.64. The number of amidine groups is 1. The van der Waals surface area contributed by atoms with Crippen LogP contribution in [0, 0.1) is 0 Å². The molecule has 0 aliphatic carbocycles. The fourth-order valence-corrected chi connectivity index (χ4v) is 2.08. The Morgan fingerprint density at radius 2 is 2.11 bits per heavy atom. The molecular formula is C11H14N2O5. The van der Waals surface area contributed by atoms with E-state index in [1.54, 1.807) is 0 Å². The molecule has 2 aliphatic rings. The summed E-state index contributed by atoms with van der Waals surface area (Å²) in [5.41, 5.74) is -3.81. The number of aliphatic hydroxyl groups excluding tert-OH is 2. The second-order valence-corrected chi connectivity index (χ2v) is 4.65. The van der Waals surface area contributed by atoms with E-state index < -0.39 is 23.3 Å². The standard InChI is InChI=1S/C11H14N2O5/c1-10(9(16)17)8(15)11(2,18)13-5-3-4-6(14)7(13)12-10/h3-5,8,14-15,18H,1-2H3,(H,16,17). The van der Waals surface area contributed by atoms with Gasteiger partial charge < -0.3 is 20.4 Å². The average Bonchev–Trinajstić information content (AvgIpc) is 2.28. The van der Waals surface area contributed by atoms with Crippen molar-refractivity contribution in [2.24, 2.45) is 4.99 Å². The van der Waals surface area contributed by atoms with Gasteiger partial charge in [-0.05, 0) is 26.0 Å². The van der Waals surface area contributed by atoms with Crippen LogP contribution in [0.4, 0.5) is 0 Å². The molecule has 0 fully saturated rings. The highest BCUT2D eigenvalue weighted by atomic mass is 16.4. The van der Waals surface area contributed by atoms with Gasteiger partial charge in [0.05, 0.1) is 0 Å². The number of allylic oxidation sites excluding steroid dienone is 2. The molecular weight excluding hydrogens is 240 g/mol. The molecule has 0 saturated heterocycles. The molecule has 0 spiro atoms. The number of fused-ring (bicyclic) bond motifs is 1. The van der Waals surface area contributed by atoms with E-state index in [9.17, 15) is 20.1 Å². The minimum atomic E-state index is -1.93. The number of aliphatic imine (C=N–C) groups is 1. The second-order valence-electron chi connectivity index (χ2n) is 4.65. The van der Waals surface area contributed by atoms with Gasteiger partial charge in [-0.2, -0.15) is 0 Å². The normalized spacial score (nSPS) is 38.9. The Labute approximate surface area is 103 Å². The van der Waals surface area contributed by atoms with E-state index in [0.717, 1.165) is 4.90 Å².